The van der Waals surface area contributed by atoms with Crippen LogP contribution in [0.15, 0.2) is 42.5 Å². The third-order valence-electron chi connectivity index (χ3n) is 4.36. The van der Waals surface area contributed by atoms with Crippen molar-refractivity contribution in [2.24, 2.45) is 0 Å². The van der Waals surface area contributed by atoms with Crippen LogP contribution in [0.25, 0.3) is 0 Å². The van der Waals surface area contributed by atoms with Crippen LogP contribution >= 0.6 is 34.8 Å². The number of halogens is 3. The maximum absolute atomic E-state index is 13.1. The lowest BCUT2D eigenvalue weighted by Gasteiger charge is -2.31. The number of benzene rings is 2. The van der Waals surface area contributed by atoms with Gasteiger partial charge in [-0.1, -0.05) is 59.9 Å². The molecule has 0 aliphatic carbocycles. The highest BCUT2D eigenvalue weighted by atomic mass is 35.5. The summed E-state index contributed by atoms with van der Waals surface area (Å²) in [6.45, 7) is 4.45. The molecule has 0 saturated carbocycles. The van der Waals surface area contributed by atoms with Crippen molar-refractivity contribution < 1.29 is 9.59 Å². The average molecular weight is 442 g/mol. The molecule has 1 N–H and O–H groups in total. The predicted molar refractivity (Wildman–Crippen MR) is 115 cm³/mol. The maximum Gasteiger partial charge on any atom is 0.242 e. The van der Waals surface area contributed by atoms with Gasteiger partial charge in [0.1, 0.15) is 6.04 Å². The van der Waals surface area contributed by atoms with Gasteiger partial charge < -0.3 is 10.2 Å². The Labute approximate surface area is 180 Å². The largest absolute Gasteiger partial charge is 0.355 e. The van der Waals surface area contributed by atoms with Gasteiger partial charge in [0.15, 0.2) is 0 Å². The molecule has 28 heavy (non-hydrogen) atoms. The summed E-state index contributed by atoms with van der Waals surface area (Å²) in [5, 5.41) is 4.39. The first-order valence-corrected chi connectivity index (χ1v) is 10.2. The lowest BCUT2D eigenvalue weighted by atomic mass is 10.1. The second-order valence-corrected chi connectivity index (χ2v) is 7.66. The van der Waals surface area contributed by atoms with Gasteiger partial charge in [0.2, 0.25) is 11.8 Å². The first-order chi connectivity index (χ1) is 13.3. The minimum atomic E-state index is -0.591. The van der Waals surface area contributed by atoms with Crippen molar-refractivity contribution in [3.8, 4) is 0 Å². The standard InChI is InChI=1S/C21H23Cl3N2O2/c1-3-19(21(28)25-4-2)26(13-15-7-10-17(23)12-18(15)24)20(27)11-14-5-8-16(22)9-6-14/h5-10,12,19H,3-4,11,13H2,1-2H3,(H,25,28)/t19-/m0/s1. The Hall–Kier alpha value is -1.75. The molecule has 4 nitrogen and oxygen atoms in total. The van der Waals surface area contributed by atoms with Crippen LogP contribution in [0.4, 0.5) is 0 Å². The smallest absolute Gasteiger partial charge is 0.242 e. The topological polar surface area (TPSA) is 49.4 Å². The van der Waals surface area contributed by atoms with Gasteiger partial charge in [0.05, 0.1) is 6.42 Å². The minimum Gasteiger partial charge on any atom is -0.355 e. The number of hydrogen-bond donors (Lipinski definition) is 1. The number of rotatable bonds is 8. The molecular weight excluding hydrogens is 419 g/mol. The van der Waals surface area contributed by atoms with E-state index >= 15 is 0 Å². The van der Waals surface area contributed by atoms with E-state index in [1.165, 1.54) is 0 Å². The first kappa shape index (κ1) is 22.5. The van der Waals surface area contributed by atoms with E-state index in [1.54, 1.807) is 47.4 Å². The van der Waals surface area contributed by atoms with Crippen molar-refractivity contribution in [1.82, 2.24) is 10.2 Å². The van der Waals surface area contributed by atoms with Gasteiger partial charge in [-0.25, -0.2) is 0 Å². The second-order valence-electron chi connectivity index (χ2n) is 6.38. The average Bonchev–Trinajstić information content (AvgIpc) is 2.65. The Morgan fingerprint density at radius 2 is 1.64 bits per heavy atom. The lowest BCUT2D eigenvalue weighted by molar-refractivity contribution is -0.140. The van der Waals surface area contributed by atoms with Gasteiger partial charge in [0.25, 0.3) is 0 Å². The zero-order chi connectivity index (χ0) is 20.7. The van der Waals surface area contributed by atoms with E-state index in [2.05, 4.69) is 5.32 Å². The van der Waals surface area contributed by atoms with E-state index in [1.807, 2.05) is 13.8 Å². The second kappa shape index (κ2) is 10.7. The molecule has 7 heteroatoms. The summed E-state index contributed by atoms with van der Waals surface area (Å²) in [4.78, 5) is 27.3. The molecule has 0 aliphatic heterocycles. The van der Waals surface area contributed by atoms with E-state index in [9.17, 15) is 9.59 Å². The molecule has 2 aromatic rings. The quantitative estimate of drug-likeness (QED) is 0.617. The van der Waals surface area contributed by atoms with Gasteiger partial charge in [0, 0.05) is 28.2 Å². The normalized spacial score (nSPS) is 11.8. The fraction of sp³-hybridized carbons (Fsp3) is 0.333. The van der Waals surface area contributed by atoms with Crippen LogP contribution < -0.4 is 5.32 Å². The molecule has 0 spiro atoms. The number of carbonyl (C=O) groups excluding carboxylic acids is 2. The van der Waals surface area contributed by atoms with Crippen molar-refractivity contribution in [2.75, 3.05) is 6.54 Å². The number of amides is 2. The number of hydrogen-bond acceptors (Lipinski definition) is 2. The molecule has 0 aliphatic rings. The molecule has 0 radical (unpaired) electrons. The van der Waals surface area contributed by atoms with Crippen LogP contribution in [0, 0.1) is 0 Å². The summed E-state index contributed by atoms with van der Waals surface area (Å²) in [5.74, 6) is -0.342. The molecule has 2 rings (SSSR count). The van der Waals surface area contributed by atoms with E-state index in [4.69, 9.17) is 34.8 Å². The molecule has 2 amide bonds. The van der Waals surface area contributed by atoms with Crippen molar-refractivity contribution in [3.05, 3.63) is 68.7 Å². The van der Waals surface area contributed by atoms with Gasteiger partial charge in [-0.3, -0.25) is 9.59 Å². The number of carbonyl (C=O) groups is 2. The monoisotopic (exact) mass is 440 g/mol. The van der Waals surface area contributed by atoms with E-state index in [-0.39, 0.29) is 24.8 Å². The third kappa shape index (κ3) is 6.13. The molecule has 1 atom stereocenters. The van der Waals surface area contributed by atoms with Crippen LogP contribution in [-0.4, -0.2) is 29.3 Å². The fourth-order valence-electron chi connectivity index (χ4n) is 2.92. The van der Waals surface area contributed by atoms with E-state index < -0.39 is 6.04 Å². The predicted octanol–water partition coefficient (Wildman–Crippen LogP) is 5.13. The maximum atomic E-state index is 13.1. The van der Waals surface area contributed by atoms with Gasteiger partial charge >= 0.3 is 0 Å². The van der Waals surface area contributed by atoms with Crippen LogP contribution in [-0.2, 0) is 22.6 Å². The lowest BCUT2D eigenvalue weighted by Crippen LogP contribution is -2.49. The van der Waals surface area contributed by atoms with Crippen LogP contribution in [0.2, 0.25) is 15.1 Å². The summed E-state index contributed by atoms with van der Waals surface area (Å²) in [7, 11) is 0. The third-order valence-corrected chi connectivity index (χ3v) is 5.20. The molecule has 0 unspecified atom stereocenters. The molecule has 0 saturated heterocycles. The van der Waals surface area contributed by atoms with Crippen LogP contribution in [0.1, 0.15) is 31.4 Å². The highest BCUT2D eigenvalue weighted by Crippen LogP contribution is 2.24. The molecule has 0 bridgehead atoms. The Morgan fingerprint density at radius 3 is 2.21 bits per heavy atom. The molecule has 0 aromatic heterocycles. The summed E-state index contributed by atoms with van der Waals surface area (Å²) in [6, 6.07) is 11.6. The van der Waals surface area contributed by atoms with Crippen molar-refractivity contribution in [3.63, 3.8) is 0 Å². The summed E-state index contributed by atoms with van der Waals surface area (Å²) < 4.78 is 0. The molecule has 2 aromatic carbocycles. The van der Waals surface area contributed by atoms with E-state index in [0.29, 0.717) is 28.0 Å². The Balaban J connectivity index is 2.31. The summed E-state index contributed by atoms with van der Waals surface area (Å²) in [5.41, 5.74) is 1.56. The SMILES string of the molecule is CCNC(=O)[C@H](CC)N(Cc1ccc(Cl)cc1Cl)C(=O)Cc1ccc(Cl)cc1. The van der Waals surface area contributed by atoms with Crippen LogP contribution in [0.5, 0.6) is 0 Å². The van der Waals surface area contributed by atoms with Gasteiger partial charge in [-0.05, 0) is 48.7 Å². The van der Waals surface area contributed by atoms with Crippen molar-refractivity contribution in [1.29, 1.82) is 0 Å². The molecular formula is C21H23Cl3N2O2. The summed E-state index contributed by atoms with van der Waals surface area (Å²) in [6.07, 6.45) is 0.654. The number of nitrogens with zero attached hydrogens (tertiary/aromatic N) is 1. The van der Waals surface area contributed by atoms with Crippen molar-refractivity contribution >= 4 is 46.6 Å². The molecule has 0 heterocycles. The summed E-state index contributed by atoms with van der Waals surface area (Å²) >= 11 is 18.2. The molecule has 150 valence electrons. The molecule has 0 fully saturated rings. The Morgan fingerprint density at radius 1 is 1.00 bits per heavy atom. The fourth-order valence-corrected chi connectivity index (χ4v) is 3.52. The number of likely N-dealkylation sites (N-methyl/N-ethyl adjacent to an activating group) is 1. The first-order valence-electron chi connectivity index (χ1n) is 9.11. The van der Waals surface area contributed by atoms with Gasteiger partial charge in [-0.15, -0.1) is 0 Å². The van der Waals surface area contributed by atoms with Crippen LogP contribution in [0.3, 0.4) is 0 Å². The minimum absolute atomic E-state index is 0.161. The Kier molecular flexibility index (Phi) is 8.61. The Bertz CT molecular complexity index is 825. The zero-order valence-corrected chi connectivity index (χ0v) is 18.1. The van der Waals surface area contributed by atoms with Gasteiger partial charge in [-0.2, -0.15) is 0 Å². The highest BCUT2D eigenvalue weighted by Gasteiger charge is 2.28. The number of nitrogens with one attached hydrogen (secondary N) is 1. The van der Waals surface area contributed by atoms with E-state index in [0.717, 1.165) is 11.1 Å². The zero-order valence-electron chi connectivity index (χ0n) is 15.8. The highest BCUT2D eigenvalue weighted by molar-refractivity contribution is 6.35. The van der Waals surface area contributed by atoms with Crippen molar-refractivity contribution in [2.45, 2.75) is 39.3 Å².